The van der Waals surface area contributed by atoms with Gasteiger partial charge in [0, 0.05) is 25.2 Å². The maximum atomic E-state index is 13.0. The topological polar surface area (TPSA) is 67.5 Å². The first kappa shape index (κ1) is 18.3. The predicted octanol–water partition coefficient (Wildman–Crippen LogP) is 4.21. The van der Waals surface area contributed by atoms with E-state index < -0.39 is 0 Å². The van der Waals surface area contributed by atoms with Crippen LogP contribution in [-0.4, -0.2) is 31.6 Å². The summed E-state index contributed by atoms with van der Waals surface area (Å²) in [6, 6.07) is 9.76. The van der Waals surface area contributed by atoms with Gasteiger partial charge in [0.15, 0.2) is 5.78 Å². The molecule has 3 aromatic rings. The van der Waals surface area contributed by atoms with Gasteiger partial charge in [0.2, 0.25) is 0 Å². The number of ketones is 1. The number of carbonyl (C=O) groups is 1. The second kappa shape index (κ2) is 7.90. The standard InChI is InChI=1S/C21H22BrN3O2/c22-21-8-7-14(13-23-21)10-16-11-18(25-17(16)5-3-9-24-25)20(27)12-15-4-1-2-6-19(15)26/h3,5,7-9,11,13,15,19,26H,1-2,4,6,10,12H2/t15-,19+/m1/s1. The normalized spacial score (nSPS) is 20.1. The van der Waals surface area contributed by atoms with Crippen LogP contribution < -0.4 is 0 Å². The molecule has 0 radical (unpaired) electrons. The number of hydrogen-bond donors (Lipinski definition) is 1. The molecule has 5 nitrogen and oxygen atoms in total. The molecule has 3 aromatic heterocycles. The van der Waals surface area contributed by atoms with Crippen molar-refractivity contribution < 1.29 is 9.90 Å². The summed E-state index contributed by atoms with van der Waals surface area (Å²) in [5.41, 5.74) is 3.67. The van der Waals surface area contributed by atoms with Crippen molar-refractivity contribution in [1.82, 2.24) is 14.6 Å². The summed E-state index contributed by atoms with van der Waals surface area (Å²) >= 11 is 3.36. The molecule has 27 heavy (non-hydrogen) atoms. The van der Waals surface area contributed by atoms with E-state index in [1.807, 2.05) is 36.5 Å². The van der Waals surface area contributed by atoms with Crippen LogP contribution in [0, 0.1) is 5.92 Å². The molecule has 1 aliphatic carbocycles. The van der Waals surface area contributed by atoms with Crippen molar-refractivity contribution in [3.8, 4) is 0 Å². The highest BCUT2D eigenvalue weighted by Crippen LogP contribution is 2.29. The zero-order valence-corrected chi connectivity index (χ0v) is 16.6. The largest absolute Gasteiger partial charge is 0.393 e. The summed E-state index contributed by atoms with van der Waals surface area (Å²) in [5, 5.41) is 14.6. The first-order valence-corrected chi connectivity index (χ1v) is 10.2. The Bertz CT molecular complexity index is 952. The summed E-state index contributed by atoms with van der Waals surface area (Å²) in [5.74, 6) is 0.106. The number of rotatable bonds is 5. The average molecular weight is 428 g/mol. The Balaban J connectivity index is 1.63. The average Bonchev–Trinajstić information content (AvgIpc) is 3.04. The molecule has 1 aliphatic rings. The van der Waals surface area contributed by atoms with Crippen LogP contribution in [0.2, 0.25) is 0 Å². The van der Waals surface area contributed by atoms with Gasteiger partial charge in [-0.3, -0.25) is 4.79 Å². The summed E-state index contributed by atoms with van der Waals surface area (Å²) in [6.07, 6.45) is 8.09. The van der Waals surface area contributed by atoms with Crippen molar-refractivity contribution in [2.75, 3.05) is 0 Å². The van der Waals surface area contributed by atoms with Gasteiger partial charge in [-0.2, -0.15) is 5.10 Å². The fraction of sp³-hybridized carbons (Fsp3) is 0.381. The highest BCUT2D eigenvalue weighted by atomic mass is 79.9. The van der Waals surface area contributed by atoms with E-state index in [-0.39, 0.29) is 17.8 Å². The van der Waals surface area contributed by atoms with Gasteiger partial charge in [-0.15, -0.1) is 0 Å². The first-order valence-electron chi connectivity index (χ1n) is 9.39. The lowest BCUT2D eigenvalue weighted by Gasteiger charge is -2.26. The van der Waals surface area contributed by atoms with Crippen LogP contribution in [0.15, 0.2) is 47.3 Å². The van der Waals surface area contributed by atoms with Crippen LogP contribution >= 0.6 is 15.9 Å². The van der Waals surface area contributed by atoms with Gasteiger partial charge in [0.1, 0.15) is 10.3 Å². The Hall–Kier alpha value is -2.05. The number of aliphatic hydroxyl groups excluding tert-OH is 1. The van der Waals surface area contributed by atoms with Gasteiger partial charge in [-0.25, -0.2) is 9.50 Å². The lowest BCUT2D eigenvalue weighted by molar-refractivity contribution is 0.0580. The number of carbonyl (C=O) groups excluding carboxylic acids is 1. The molecule has 0 spiro atoms. The highest BCUT2D eigenvalue weighted by molar-refractivity contribution is 9.10. The summed E-state index contributed by atoms with van der Waals surface area (Å²) in [7, 11) is 0. The van der Waals surface area contributed by atoms with Crippen LogP contribution in [0.3, 0.4) is 0 Å². The number of hydrogen-bond acceptors (Lipinski definition) is 4. The van der Waals surface area contributed by atoms with Gasteiger partial charge >= 0.3 is 0 Å². The summed E-state index contributed by atoms with van der Waals surface area (Å²) in [4.78, 5) is 17.3. The zero-order chi connectivity index (χ0) is 18.8. The fourth-order valence-electron chi connectivity index (χ4n) is 3.95. The monoisotopic (exact) mass is 427 g/mol. The van der Waals surface area contributed by atoms with Gasteiger partial charge in [0.05, 0.1) is 11.6 Å². The Morgan fingerprint density at radius 2 is 2.11 bits per heavy atom. The number of aliphatic hydroxyl groups is 1. The van der Waals surface area contributed by atoms with Crippen molar-refractivity contribution >= 4 is 27.2 Å². The highest BCUT2D eigenvalue weighted by Gasteiger charge is 2.27. The van der Waals surface area contributed by atoms with Crippen molar-refractivity contribution in [2.24, 2.45) is 5.92 Å². The molecule has 0 saturated heterocycles. The molecular weight excluding hydrogens is 406 g/mol. The maximum absolute atomic E-state index is 13.0. The predicted molar refractivity (Wildman–Crippen MR) is 107 cm³/mol. The minimum Gasteiger partial charge on any atom is -0.393 e. The van der Waals surface area contributed by atoms with E-state index in [4.69, 9.17) is 0 Å². The Morgan fingerprint density at radius 3 is 2.89 bits per heavy atom. The minimum atomic E-state index is -0.366. The van der Waals surface area contributed by atoms with Gasteiger partial charge in [-0.05, 0) is 70.1 Å². The second-order valence-corrected chi connectivity index (χ2v) is 8.09. The van der Waals surface area contributed by atoms with Crippen LogP contribution in [0.25, 0.3) is 5.52 Å². The number of Topliss-reactive ketones (excluding diaryl/α,β-unsaturated/α-hetero) is 1. The smallest absolute Gasteiger partial charge is 0.181 e. The number of halogens is 1. The number of fused-ring (bicyclic) bond motifs is 1. The van der Waals surface area contributed by atoms with Crippen molar-refractivity contribution in [2.45, 2.75) is 44.6 Å². The number of pyridine rings is 1. The molecule has 0 bridgehead atoms. The molecule has 1 fully saturated rings. The molecule has 3 heterocycles. The van der Waals surface area contributed by atoms with E-state index in [9.17, 15) is 9.90 Å². The SMILES string of the molecule is O=C(C[C@H]1CCCC[C@@H]1O)c1cc(Cc2ccc(Br)nc2)c2cccnn12. The zero-order valence-electron chi connectivity index (χ0n) is 15.0. The van der Waals surface area contributed by atoms with Crippen molar-refractivity contribution in [1.29, 1.82) is 0 Å². The minimum absolute atomic E-state index is 0.0508. The Labute approximate surface area is 166 Å². The lowest BCUT2D eigenvalue weighted by Crippen LogP contribution is -2.27. The quantitative estimate of drug-likeness (QED) is 0.489. The van der Waals surface area contributed by atoms with E-state index in [0.29, 0.717) is 18.5 Å². The van der Waals surface area contributed by atoms with E-state index in [1.165, 1.54) is 0 Å². The number of nitrogens with zero attached hydrogens (tertiary/aromatic N) is 3. The third-order valence-corrected chi connectivity index (χ3v) is 5.87. The van der Waals surface area contributed by atoms with E-state index >= 15 is 0 Å². The molecule has 2 atom stereocenters. The van der Waals surface area contributed by atoms with Crippen molar-refractivity contribution in [3.05, 3.63) is 64.1 Å². The molecule has 0 unspecified atom stereocenters. The van der Waals surface area contributed by atoms with E-state index in [0.717, 1.165) is 46.9 Å². The van der Waals surface area contributed by atoms with Crippen molar-refractivity contribution in [3.63, 3.8) is 0 Å². The molecule has 6 heteroatoms. The maximum Gasteiger partial charge on any atom is 0.181 e. The van der Waals surface area contributed by atoms with Crippen LogP contribution in [0.1, 0.15) is 53.7 Å². The third-order valence-electron chi connectivity index (χ3n) is 5.40. The first-order chi connectivity index (χ1) is 13.1. The van der Waals surface area contributed by atoms with Gasteiger partial charge in [-0.1, -0.05) is 18.9 Å². The fourth-order valence-corrected chi connectivity index (χ4v) is 4.18. The molecular formula is C21H22BrN3O2. The Morgan fingerprint density at radius 1 is 1.26 bits per heavy atom. The van der Waals surface area contributed by atoms with E-state index in [1.54, 1.807) is 10.7 Å². The van der Waals surface area contributed by atoms with Crippen LogP contribution in [0.5, 0.6) is 0 Å². The van der Waals surface area contributed by atoms with Crippen LogP contribution in [-0.2, 0) is 6.42 Å². The Kier molecular flexibility index (Phi) is 5.36. The second-order valence-electron chi connectivity index (χ2n) is 7.28. The van der Waals surface area contributed by atoms with Gasteiger partial charge < -0.3 is 5.11 Å². The molecule has 0 aromatic carbocycles. The molecule has 0 amide bonds. The molecule has 0 aliphatic heterocycles. The molecule has 1 saturated carbocycles. The summed E-state index contributed by atoms with van der Waals surface area (Å²) in [6.45, 7) is 0. The summed E-state index contributed by atoms with van der Waals surface area (Å²) < 4.78 is 2.54. The third kappa shape index (κ3) is 3.96. The van der Waals surface area contributed by atoms with Gasteiger partial charge in [0.25, 0.3) is 0 Å². The molecule has 1 N–H and O–H groups in total. The van der Waals surface area contributed by atoms with Crippen LogP contribution in [0.4, 0.5) is 0 Å². The van der Waals surface area contributed by atoms with E-state index in [2.05, 4.69) is 26.0 Å². The number of aromatic nitrogens is 3. The lowest BCUT2D eigenvalue weighted by atomic mass is 9.83. The molecule has 140 valence electrons. The molecule has 4 rings (SSSR count).